The Labute approximate surface area is 232 Å². The van der Waals surface area contributed by atoms with E-state index in [9.17, 15) is 9.59 Å². The predicted octanol–water partition coefficient (Wildman–Crippen LogP) is 5.78. The van der Waals surface area contributed by atoms with Gasteiger partial charge in [0.2, 0.25) is 0 Å². The second kappa shape index (κ2) is 12.5. The normalized spacial score (nSPS) is 9.80. The molecule has 2 N–H and O–H groups in total. The average molecular weight is 519 g/mol. The first kappa shape index (κ1) is 25.7. The Morgan fingerprint density at radius 1 is 0.475 bits per heavy atom. The van der Waals surface area contributed by atoms with Crippen LogP contribution in [0.3, 0.4) is 0 Å². The van der Waals surface area contributed by atoms with E-state index in [0.717, 1.165) is 11.1 Å². The van der Waals surface area contributed by atoms with Crippen molar-refractivity contribution in [2.24, 2.45) is 0 Å². The quantitative estimate of drug-likeness (QED) is 0.296. The van der Waals surface area contributed by atoms with Crippen LogP contribution in [-0.2, 0) is 0 Å². The number of rotatable bonds is 4. The van der Waals surface area contributed by atoms with E-state index in [-0.39, 0.29) is 11.4 Å². The minimum atomic E-state index is -0.391. The summed E-state index contributed by atoms with van der Waals surface area (Å²) in [6.07, 6.45) is 0. The summed E-state index contributed by atoms with van der Waals surface area (Å²) in [5.74, 6) is 11.3. The number of aromatic nitrogens is 2. The van der Waals surface area contributed by atoms with E-state index in [1.54, 1.807) is 60.7 Å². The third-order valence-electron chi connectivity index (χ3n) is 5.56. The summed E-state index contributed by atoms with van der Waals surface area (Å²) < 4.78 is 0. The fraction of sp³-hybridized carbons (Fsp3) is 0. The summed E-state index contributed by atoms with van der Waals surface area (Å²) in [6, 6.07) is 36.2. The van der Waals surface area contributed by atoms with Crippen LogP contribution in [0.25, 0.3) is 0 Å². The Bertz CT molecular complexity index is 1660. The van der Waals surface area contributed by atoms with Gasteiger partial charge in [-0.1, -0.05) is 66.4 Å². The number of anilines is 2. The minimum absolute atomic E-state index is 0.229. The van der Waals surface area contributed by atoms with Gasteiger partial charge < -0.3 is 10.6 Å². The maximum absolute atomic E-state index is 12.9. The molecular weight excluding hydrogens is 496 g/mol. The number of hydrogen-bond acceptors (Lipinski definition) is 4. The Morgan fingerprint density at radius 3 is 1.35 bits per heavy atom. The molecule has 0 aliphatic carbocycles. The first-order valence-corrected chi connectivity index (χ1v) is 12.4. The number of amides is 2. The van der Waals surface area contributed by atoms with Crippen molar-refractivity contribution in [1.82, 2.24) is 9.97 Å². The van der Waals surface area contributed by atoms with Crippen molar-refractivity contribution >= 4 is 23.2 Å². The van der Waals surface area contributed by atoms with Crippen molar-refractivity contribution in [2.45, 2.75) is 0 Å². The topological polar surface area (TPSA) is 84.0 Å². The molecule has 0 saturated heterocycles. The monoisotopic (exact) mass is 518 g/mol. The van der Waals surface area contributed by atoms with E-state index >= 15 is 0 Å². The number of carbonyl (C=O) groups is 2. The van der Waals surface area contributed by atoms with Gasteiger partial charge >= 0.3 is 0 Å². The number of pyridine rings is 2. The largest absolute Gasteiger partial charge is 0.321 e. The van der Waals surface area contributed by atoms with Gasteiger partial charge in [0.1, 0.15) is 22.8 Å². The van der Waals surface area contributed by atoms with Crippen molar-refractivity contribution in [3.63, 3.8) is 0 Å². The second-order valence-electron chi connectivity index (χ2n) is 8.54. The highest BCUT2D eigenvalue weighted by Gasteiger charge is 2.11. The van der Waals surface area contributed by atoms with Gasteiger partial charge in [0.25, 0.3) is 11.8 Å². The lowest BCUT2D eigenvalue weighted by Gasteiger charge is -2.09. The fourth-order valence-corrected chi connectivity index (χ4v) is 3.64. The molecule has 2 amide bonds. The summed E-state index contributed by atoms with van der Waals surface area (Å²) in [5, 5.41) is 5.64. The van der Waals surface area contributed by atoms with Crippen LogP contribution in [0.1, 0.15) is 43.5 Å². The van der Waals surface area contributed by atoms with Crippen molar-refractivity contribution in [3.8, 4) is 23.7 Å². The van der Waals surface area contributed by atoms with Crippen LogP contribution in [0.15, 0.2) is 121 Å². The molecule has 0 radical (unpaired) electrons. The lowest BCUT2D eigenvalue weighted by Crippen LogP contribution is -2.16. The van der Waals surface area contributed by atoms with Gasteiger partial charge in [-0.15, -0.1) is 0 Å². The zero-order valence-electron chi connectivity index (χ0n) is 21.3. The number of benzene rings is 3. The Kier molecular flexibility index (Phi) is 8.03. The molecule has 0 unspecified atom stereocenters. The second-order valence-corrected chi connectivity index (χ2v) is 8.54. The van der Waals surface area contributed by atoms with Gasteiger partial charge in [-0.05, 0) is 78.6 Å². The average Bonchev–Trinajstić information content (AvgIpc) is 3.00. The highest BCUT2D eigenvalue weighted by molar-refractivity contribution is 6.05. The van der Waals surface area contributed by atoms with E-state index in [1.165, 1.54) is 0 Å². The van der Waals surface area contributed by atoms with Crippen LogP contribution < -0.4 is 10.6 Å². The highest BCUT2D eigenvalue weighted by atomic mass is 16.2. The third-order valence-corrected chi connectivity index (χ3v) is 5.56. The molecule has 6 nitrogen and oxygen atoms in total. The fourth-order valence-electron chi connectivity index (χ4n) is 3.64. The zero-order valence-corrected chi connectivity index (χ0v) is 21.3. The molecule has 5 aromatic rings. The summed E-state index contributed by atoms with van der Waals surface area (Å²) >= 11 is 0. The molecular formula is C34H22N4O2. The number of nitrogens with one attached hydrogen (secondary N) is 2. The highest BCUT2D eigenvalue weighted by Crippen LogP contribution is 2.17. The molecule has 2 aromatic heterocycles. The van der Waals surface area contributed by atoms with Gasteiger partial charge in [-0.2, -0.15) is 0 Å². The van der Waals surface area contributed by atoms with E-state index in [4.69, 9.17) is 0 Å². The maximum Gasteiger partial charge on any atom is 0.274 e. The lowest BCUT2D eigenvalue weighted by atomic mass is 10.2. The number of carbonyl (C=O) groups excluding carboxylic acids is 2. The molecule has 0 saturated carbocycles. The molecule has 0 atom stereocenters. The summed E-state index contributed by atoms with van der Waals surface area (Å²) in [6.45, 7) is 0. The molecule has 0 fully saturated rings. The molecule has 0 bridgehead atoms. The van der Waals surface area contributed by atoms with Crippen LogP contribution in [0.4, 0.5) is 11.4 Å². The molecule has 6 heteroatoms. The molecule has 0 spiro atoms. The van der Waals surface area contributed by atoms with E-state index in [0.29, 0.717) is 22.8 Å². The van der Waals surface area contributed by atoms with E-state index in [2.05, 4.69) is 44.3 Å². The maximum atomic E-state index is 12.9. The van der Waals surface area contributed by atoms with Crippen LogP contribution >= 0.6 is 0 Å². The van der Waals surface area contributed by atoms with Crippen LogP contribution in [0.2, 0.25) is 0 Å². The molecule has 5 rings (SSSR count). The first-order chi connectivity index (χ1) is 19.6. The smallest absolute Gasteiger partial charge is 0.274 e. The lowest BCUT2D eigenvalue weighted by molar-refractivity contribution is 0.101. The van der Waals surface area contributed by atoms with Crippen molar-refractivity contribution in [1.29, 1.82) is 0 Å². The molecule has 0 aliphatic rings. The first-order valence-electron chi connectivity index (χ1n) is 12.4. The SMILES string of the molecule is O=C(Nc1cccc(NC(=O)c2cccc(C#Cc3ccccc3)n2)c1)c1cccc(C#Cc2ccccc2)n1. The summed E-state index contributed by atoms with van der Waals surface area (Å²) in [4.78, 5) is 34.5. The summed E-state index contributed by atoms with van der Waals surface area (Å²) in [5.41, 5.74) is 4.15. The molecule has 190 valence electrons. The van der Waals surface area contributed by atoms with Crippen LogP contribution in [-0.4, -0.2) is 21.8 Å². The zero-order chi connectivity index (χ0) is 27.6. The predicted molar refractivity (Wildman–Crippen MR) is 156 cm³/mol. The van der Waals surface area contributed by atoms with Gasteiger partial charge in [0, 0.05) is 22.5 Å². The number of nitrogens with zero attached hydrogens (tertiary/aromatic N) is 2. The summed E-state index contributed by atoms with van der Waals surface area (Å²) in [7, 11) is 0. The van der Waals surface area contributed by atoms with E-state index in [1.807, 2.05) is 60.7 Å². The van der Waals surface area contributed by atoms with Crippen LogP contribution in [0, 0.1) is 23.7 Å². The standard InChI is InChI=1S/C34H22N4O2/c39-33(31-18-8-14-27(35-31)22-20-25-10-3-1-4-11-25)37-29-16-7-17-30(24-29)38-34(40)32-19-9-15-28(36-32)23-21-26-12-5-2-6-13-26/h1-19,24H,(H,37,39)(H,38,40). The third kappa shape index (κ3) is 7.07. The molecule has 0 aliphatic heterocycles. The van der Waals surface area contributed by atoms with Gasteiger partial charge in [0.15, 0.2) is 0 Å². The van der Waals surface area contributed by atoms with Crippen molar-refractivity contribution in [3.05, 3.63) is 155 Å². The number of hydrogen-bond donors (Lipinski definition) is 2. The van der Waals surface area contributed by atoms with Crippen molar-refractivity contribution < 1.29 is 9.59 Å². The van der Waals surface area contributed by atoms with Gasteiger partial charge in [-0.25, -0.2) is 9.97 Å². The molecule has 2 heterocycles. The Hall–Kier alpha value is -5.98. The van der Waals surface area contributed by atoms with Crippen LogP contribution in [0.5, 0.6) is 0 Å². The molecule has 40 heavy (non-hydrogen) atoms. The Morgan fingerprint density at radius 2 is 0.900 bits per heavy atom. The Balaban J connectivity index is 1.24. The molecule has 3 aromatic carbocycles. The minimum Gasteiger partial charge on any atom is -0.321 e. The van der Waals surface area contributed by atoms with Crippen molar-refractivity contribution in [2.75, 3.05) is 10.6 Å². The van der Waals surface area contributed by atoms with Gasteiger partial charge in [-0.3, -0.25) is 9.59 Å². The van der Waals surface area contributed by atoms with Gasteiger partial charge in [0.05, 0.1) is 0 Å². The van der Waals surface area contributed by atoms with E-state index < -0.39 is 11.8 Å².